The molecule has 0 unspecified atom stereocenters. The molecule has 0 aromatic heterocycles. The van der Waals surface area contributed by atoms with Crippen LogP contribution in [0.4, 0.5) is 46.0 Å². The number of ether oxygens (including phenoxy) is 3. The summed E-state index contributed by atoms with van der Waals surface area (Å²) in [4.78, 5) is 31.2. The summed E-state index contributed by atoms with van der Waals surface area (Å²) < 4.78 is 106. The maximum absolute atomic E-state index is 14.4. The van der Waals surface area contributed by atoms with Crippen molar-refractivity contribution in [2.45, 2.75) is 31.5 Å². The Hall–Kier alpha value is -4.33. The molecular weight excluding hydrogens is 823 g/mol. The van der Waals surface area contributed by atoms with Crippen molar-refractivity contribution in [1.29, 1.82) is 0 Å². The molecule has 3 saturated heterocycles. The number of hydrogen-bond donors (Lipinski definition) is 1. The van der Waals surface area contributed by atoms with E-state index in [1.54, 1.807) is 24.3 Å². The lowest BCUT2D eigenvalue weighted by Gasteiger charge is -2.35. The van der Waals surface area contributed by atoms with Gasteiger partial charge in [-0.3, -0.25) is 9.80 Å². The van der Waals surface area contributed by atoms with Gasteiger partial charge in [-0.2, -0.15) is 26.3 Å². The summed E-state index contributed by atoms with van der Waals surface area (Å²) in [5.41, 5.74) is 2.38. The average Bonchev–Trinajstić information content (AvgIpc) is 3.16. The fourth-order valence-electron chi connectivity index (χ4n) is 6.21. The van der Waals surface area contributed by atoms with Crippen LogP contribution in [0.25, 0.3) is 0 Å². The minimum absolute atomic E-state index is 0.0767. The molecule has 3 aromatic rings. The number of carbonyl (C=O) groups excluding carboxylic acids is 1. The number of piperazine rings is 2. The highest BCUT2D eigenvalue weighted by molar-refractivity contribution is 9.10. The Morgan fingerprint density at radius 1 is 0.732 bits per heavy atom. The number of carbonyl (C=O) groups is 2. The lowest BCUT2D eigenvalue weighted by molar-refractivity contribution is -0.308. The molecule has 0 radical (unpaired) electrons. The molecule has 306 valence electrons. The molecule has 3 fully saturated rings. The van der Waals surface area contributed by atoms with Crippen LogP contribution in [0.3, 0.4) is 0 Å². The van der Waals surface area contributed by atoms with E-state index >= 15 is 0 Å². The Balaban J connectivity index is 0.000000228. The van der Waals surface area contributed by atoms with E-state index < -0.39 is 30.6 Å². The third-order valence-electron chi connectivity index (χ3n) is 9.29. The van der Waals surface area contributed by atoms with Gasteiger partial charge in [0, 0.05) is 99.8 Å². The summed E-state index contributed by atoms with van der Waals surface area (Å²) in [5, 5.41) is 8.95. The van der Waals surface area contributed by atoms with Gasteiger partial charge in [0.25, 0.3) is 6.10 Å². The predicted molar refractivity (Wildman–Crippen MR) is 194 cm³/mol. The fourth-order valence-corrected chi connectivity index (χ4v) is 6.55. The van der Waals surface area contributed by atoms with Crippen molar-refractivity contribution in [1.82, 2.24) is 19.6 Å². The average molecular weight is 865 g/mol. The molecule has 0 spiro atoms. The highest BCUT2D eigenvalue weighted by atomic mass is 79.9. The standard InChI is InChI=1S/C21H19BrF6N2O3.C16H22FN3O3/c22-15-7-6-14(17(12-15)32-16-4-2-1-3-5-16)13-29-8-10-30(11-9-29)19(31)33-18(20(23,24)25)21(26,27)28;17-15-11-14(19-7-9-23-10-8-19)2-1-13(15)12-18-3-5-20(6-4-18)16(21)22/h1-7,12,18H,8-11,13H2;1-2,11H,3-10,12H2,(H,21,22). The largest absolute Gasteiger partial charge is 0.465 e. The molecule has 3 aliphatic rings. The van der Waals surface area contributed by atoms with Crippen LogP contribution >= 0.6 is 15.9 Å². The number of carboxylic acid groups (broad SMARTS) is 1. The maximum Gasteiger partial charge on any atom is 0.434 e. The summed E-state index contributed by atoms with van der Waals surface area (Å²) in [6.45, 7) is 6.39. The number of amides is 2. The molecule has 56 heavy (non-hydrogen) atoms. The van der Waals surface area contributed by atoms with Gasteiger partial charge in [0.05, 0.1) is 13.2 Å². The number of benzene rings is 3. The zero-order valence-corrected chi connectivity index (χ0v) is 31.7. The molecule has 3 aromatic carbocycles. The molecule has 2 amide bonds. The number of morpholine rings is 1. The van der Waals surface area contributed by atoms with E-state index in [1.807, 2.05) is 47.4 Å². The molecule has 6 rings (SSSR count). The predicted octanol–water partition coefficient (Wildman–Crippen LogP) is 7.45. The molecule has 0 saturated carbocycles. The first-order valence-corrected chi connectivity index (χ1v) is 18.5. The van der Waals surface area contributed by atoms with Crippen LogP contribution in [0.15, 0.2) is 71.2 Å². The van der Waals surface area contributed by atoms with E-state index in [2.05, 4.69) is 30.5 Å². The van der Waals surface area contributed by atoms with Gasteiger partial charge in [-0.25, -0.2) is 14.0 Å². The number of alkyl halides is 6. The molecule has 0 aliphatic carbocycles. The van der Waals surface area contributed by atoms with Crippen molar-refractivity contribution >= 4 is 33.8 Å². The summed E-state index contributed by atoms with van der Waals surface area (Å²) in [5.74, 6) is 1.03. The first-order chi connectivity index (χ1) is 26.6. The van der Waals surface area contributed by atoms with Crippen LogP contribution in [0.2, 0.25) is 0 Å². The highest BCUT2D eigenvalue weighted by Crippen LogP contribution is 2.36. The number of rotatable bonds is 8. The summed E-state index contributed by atoms with van der Waals surface area (Å²) >= 11 is 3.39. The lowest BCUT2D eigenvalue weighted by atomic mass is 10.1. The summed E-state index contributed by atoms with van der Waals surface area (Å²) in [6, 6.07) is 20.0. The van der Waals surface area contributed by atoms with Crippen molar-refractivity contribution in [2.24, 2.45) is 0 Å². The molecule has 19 heteroatoms. The highest BCUT2D eigenvalue weighted by Gasteiger charge is 2.60. The van der Waals surface area contributed by atoms with Crippen LogP contribution in [0, 0.1) is 5.82 Å². The molecular formula is C37H41BrF7N5O6. The zero-order valence-electron chi connectivity index (χ0n) is 30.1. The third-order valence-corrected chi connectivity index (χ3v) is 9.78. The summed E-state index contributed by atoms with van der Waals surface area (Å²) in [7, 11) is 0. The van der Waals surface area contributed by atoms with E-state index in [0.29, 0.717) is 69.5 Å². The minimum atomic E-state index is -5.74. The van der Waals surface area contributed by atoms with Gasteiger partial charge in [-0.15, -0.1) is 0 Å². The van der Waals surface area contributed by atoms with Crippen molar-refractivity contribution < 1.29 is 59.6 Å². The Bertz CT molecular complexity index is 1740. The normalized spacial score (nSPS) is 17.3. The van der Waals surface area contributed by atoms with E-state index in [9.17, 15) is 40.3 Å². The second kappa shape index (κ2) is 19.2. The number of halogens is 8. The van der Waals surface area contributed by atoms with E-state index in [1.165, 1.54) is 4.90 Å². The van der Waals surface area contributed by atoms with E-state index in [4.69, 9.17) is 14.6 Å². The quantitative estimate of drug-likeness (QED) is 0.232. The molecule has 11 nitrogen and oxygen atoms in total. The second-order valence-corrected chi connectivity index (χ2v) is 14.1. The molecule has 3 aliphatic heterocycles. The molecule has 0 bridgehead atoms. The molecule has 1 N–H and O–H groups in total. The second-order valence-electron chi connectivity index (χ2n) is 13.2. The van der Waals surface area contributed by atoms with Crippen molar-refractivity contribution in [2.75, 3.05) is 83.6 Å². The van der Waals surface area contributed by atoms with Gasteiger partial charge in [-0.05, 0) is 36.4 Å². The van der Waals surface area contributed by atoms with Gasteiger partial charge in [-0.1, -0.05) is 46.3 Å². The Morgan fingerprint density at radius 3 is 1.84 bits per heavy atom. The first-order valence-electron chi connectivity index (χ1n) is 17.7. The number of anilines is 1. The van der Waals surface area contributed by atoms with Crippen LogP contribution in [0.1, 0.15) is 11.1 Å². The topological polar surface area (TPSA) is 98.3 Å². The van der Waals surface area contributed by atoms with Crippen molar-refractivity contribution in [3.8, 4) is 11.5 Å². The Kier molecular flexibility index (Phi) is 14.7. The van der Waals surface area contributed by atoms with E-state index in [0.717, 1.165) is 33.7 Å². The minimum Gasteiger partial charge on any atom is -0.465 e. The van der Waals surface area contributed by atoms with Crippen LogP contribution in [-0.2, 0) is 22.6 Å². The van der Waals surface area contributed by atoms with Crippen LogP contribution < -0.4 is 9.64 Å². The van der Waals surface area contributed by atoms with Gasteiger partial charge < -0.3 is 34.0 Å². The van der Waals surface area contributed by atoms with Crippen molar-refractivity contribution in [3.63, 3.8) is 0 Å². The van der Waals surface area contributed by atoms with E-state index in [-0.39, 0.29) is 32.0 Å². The molecule has 0 atom stereocenters. The SMILES string of the molecule is O=C(O)N1CCN(Cc2ccc(N3CCOCC3)cc2F)CC1.O=C(OC(C(F)(F)F)C(F)(F)F)N1CCN(Cc2ccc(Br)cc2Oc2ccccc2)CC1. The Morgan fingerprint density at radius 2 is 1.29 bits per heavy atom. The number of nitrogens with zero attached hydrogens (tertiary/aromatic N) is 5. The van der Waals surface area contributed by atoms with Gasteiger partial charge in [0.15, 0.2) is 0 Å². The van der Waals surface area contributed by atoms with Gasteiger partial charge in [0.1, 0.15) is 17.3 Å². The van der Waals surface area contributed by atoms with Crippen LogP contribution in [-0.4, -0.2) is 134 Å². The smallest absolute Gasteiger partial charge is 0.434 e. The first kappa shape index (κ1) is 42.8. The fraction of sp³-hybridized carbons (Fsp3) is 0.459. The zero-order chi connectivity index (χ0) is 40.5. The van der Waals surface area contributed by atoms with Gasteiger partial charge in [0.2, 0.25) is 0 Å². The van der Waals surface area contributed by atoms with Crippen LogP contribution in [0.5, 0.6) is 11.5 Å². The molecule has 3 heterocycles. The summed E-state index contributed by atoms with van der Waals surface area (Å²) in [6.07, 6.45) is -18.2. The van der Waals surface area contributed by atoms with Crippen molar-refractivity contribution in [3.05, 3.63) is 88.1 Å². The maximum atomic E-state index is 14.4. The Labute approximate surface area is 327 Å². The van der Waals surface area contributed by atoms with Gasteiger partial charge >= 0.3 is 24.5 Å². The third kappa shape index (κ3) is 12.3. The number of hydrogen-bond acceptors (Lipinski definition) is 8. The lowest BCUT2D eigenvalue weighted by Crippen LogP contribution is -2.52. The monoisotopic (exact) mass is 863 g/mol. The number of para-hydroxylation sites is 1.